The van der Waals surface area contributed by atoms with Crippen molar-refractivity contribution in [1.82, 2.24) is 4.98 Å². The normalized spacial score (nSPS) is 11.4. The summed E-state index contributed by atoms with van der Waals surface area (Å²) < 4.78 is 11.0. The van der Waals surface area contributed by atoms with Crippen LogP contribution in [0.2, 0.25) is 0 Å². The van der Waals surface area contributed by atoms with Gasteiger partial charge < -0.3 is 14.6 Å². The Labute approximate surface area is 218 Å². The van der Waals surface area contributed by atoms with Crippen LogP contribution in [0, 0.1) is 0 Å². The summed E-state index contributed by atoms with van der Waals surface area (Å²) in [6, 6.07) is 12.4. The molecule has 2 rings (SSSR count). The molecule has 0 fully saturated rings. The summed E-state index contributed by atoms with van der Waals surface area (Å²) in [4.78, 5) is 15.8. The highest BCUT2D eigenvalue weighted by Gasteiger charge is 2.07. The maximum absolute atomic E-state index is 11.5. The third-order valence-electron chi connectivity index (χ3n) is 6.20. The first-order valence-corrected chi connectivity index (χ1v) is 13.8. The molecule has 0 aliphatic carbocycles. The highest BCUT2D eigenvalue weighted by Crippen LogP contribution is 2.26. The third-order valence-corrected chi connectivity index (χ3v) is 6.20. The van der Waals surface area contributed by atoms with Gasteiger partial charge in [-0.15, -0.1) is 0 Å². The number of hydrogen-bond donors (Lipinski definition) is 1. The lowest BCUT2D eigenvalue weighted by molar-refractivity contribution is -0.143. The van der Waals surface area contributed by atoms with Crippen molar-refractivity contribution in [3.63, 3.8) is 0 Å². The molecule has 0 amide bonds. The van der Waals surface area contributed by atoms with Crippen molar-refractivity contribution in [3.8, 4) is 5.75 Å². The van der Waals surface area contributed by atoms with E-state index in [0.29, 0.717) is 19.6 Å². The quantitative estimate of drug-likeness (QED) is 0.152. The number of pyridine rings is 1. The molecule has 5 heteroatoms. The number of carbonyl (C=O) groups is 1. The van der Waals surface area contributed by atoms with E-state index in [2.05, 4.69) is 29.3 Å². The van der Waals surface area contributed by atoms with Crippen LogP contribution in [0.5, 0.6) is 5.75 Å². The lowest BCUT2D eigenvalue weighted by atomic mass is 9.97. The number of aliphatic hydroxyl groups is 1. The van der Waals surface area contributed by atoms with Crippen LogP contribution >= 0.6 is 0 Å². The van der Waals surface area contributed by atoms with Crippen LogP contribution in [-0.2, 0) is 9.53 Å². The summed E-state index contributed by atoms with van der Waals surface area (Å²) in [5.74, 6) is 0.789. The standard InChI is InChI=1S/C31H45NO4/c1-2-35-31(34)18-12-10-11-17-30(28-16-15-23-32-26-28)27-19-21-29(22-20-27)36-25-14-9-7-5-3-4-6-8-13-24-33/h15-17,19-23,26,33H,2-14,18,24-25H2,1H3/b30-17-. The van der Waals surface area contributed by atoms with Gasteiger partial charge in [-0.25, -0.2) is 0 Å². The number of nitrogens with zero attached hydrogens (tertiary/aromatic N) is 1. The Kier molecular flexibility index (Phi) is 16.0. The molecule has 36 heavy (non-hydrogen) atoms. The van der Waals surface area contributed by atoms with Crippen molar-refractivity contribution in [2.75, 3.05) is 19.8 Å². The Morgan fingerprint density at radius 3 is 2.19 bits per heavy atom. The minimum absolute atomic E-state index is 0.116. The molecule has 2 aromatic rings. The smallest absolute Gasteiger partial charge is 0.305 e. The summed E-state index contributed by atoms with van der Waals surface area (Å²) in [5.41, 5.74) is 3.38. The Morgan fingerprint density at radius 2 is 1.56 bits per heavy atom. The molecule has 0 atom stereocenters. The summed E-state index contributed by atoms with van der Waals surface area (Å²) in [7, 11) is 0. The zero-order valence-electron chi connectivity index (χ0n) is 22.1. The van der Waals surface area contributed by atoms with E-state index in [1.165, 1.54) is 38.5 Å². The Morgan fingerprint density at radius 1 is 0.861 bits per heavy atom. The highest BCUT2D eigenvalue weighted by molar-refractivity contribution is 5.79. The third kappa shape index (κ3) is 12.9. The molecule has 0 saturated carbocycles. The fourth-order valence-electron chi connectivity index (χ4n) is 4.19. The number of esters is 1. The molecule has 0 radical (unpaired) electrons. The van der Waals surface area contributed by atoms with Gasteiger partial charge in [0.2, 0.25) is 0 Å². The van der Waals surface area contributed by atoms with Crippen LogP contribution in [0.1, 0.15) is 102 Å². The topological polar surface area (TPSA) is 68.7 Å². The van der Waals surface area contributed by atoms with Crippen LogP contribution in [0.4, 0.5) is 0 Å². The second kappa shape index (κ2) is 19.5. The van der Waals surface area contributed by atoms with E-state index in [0.717, 1.165) is 67.6 Å². The number of ether oxygens (including phenoxy) is 2. The lowest BCUT2D eigenvalue weighted by Gasteiger charge is -2.11. The molecule has 0 aliphatic rings. The van der Waals surface area contributed by atoms with Gasteiger partial charge in [0.1, 0.15) is 5.75 Å². The first kappa shape index (κ1) is 29.6. The molecule has 1 N–H and O–H groups in total. The van der Waals surface area contributed by atoms with Crippen molar-refractivity contribution < 1.29 is 19.4 Å². The van der Waals surface area contributed by atoms with E-state index in [4.69, 9.17) is 14.6 Å². The van der Waals surface area contributed by atoms with Crippen molar-refractivity contribution in [1.29, 1.82) is 0 Å². The second-order valence-electron chi connectivity index (χ2n) is 9.19. The van der Waals surface area contributed by atoms with E-state index in [1.54, 1.807) is 6.20 Å². The number of rotatable bonds is 20. The van der Waals surface area contributed by atoms with E-state index in [9.17, 15) is 4.79 Å². The molecule has 0 bridgehead atoms. The Bertz CT molecular complexity index is 849. The van der Waals surface area contributed by atoms with Crippen LogP contribution in [-0.4, -0.2) is 35.9 Å². The molecule has 0 unspecified atom stereocenters. The van der Waals surface area contributed by atoms with E-state index in [-0.39, 0.29) is 5.97 Å². The minimum atomic E-state index is -0.116. The second-order valence-corrected chi connectivity index (χ2v) is 9.19. The van der Waals surface area contributed by atoms with Gasteiger partial charge in [-0.2, -0.15) is 0 Å². The number of unbranched alkanes of at least 4 members (excludes halogenated alkanes) is 10. The van der Waals surface area contributed by atoms with E-state index in [1.807, 2.05) is 31.3 Å². The summed E-state index contributed by atoms with van der Waals surface area (Å²) in [6.07, 6.45) is 19.8. The van der Waals surface area contributed by atoms with Gasteiger partial charge in [-0.05, 0) is 68.4 Å². The van der Waals surface area contributed by atoms with Crippen molar-refractivity contribution in [2.45, 2.75) is 90.4 Å². The molecule has 0 aliphatic heterocycles. The Hall–Kier alpha value is -2.66. The number of aliphatic hydroxyl groups excluding tert-OH is 1. The first-order valence-electron chi connectivity index (χ1n) is 13.8. The fraction of sp³-hybridized carbons (Fsp3) is 0.548. The molecule has 198 valence electrons. The van der Waals surface area contributed by atoms with Gasteiger partial charge in [-0.1, -0.05) is 69.2 Å². The van der Waals surface area contributed by atoms with E-state index >= 15 is 0 Å². The van der Waals surface area contributed by atoms with Crippen LogP contribution in [0.15, 0.2) is 54.9 Å². The average molecular weight is 496 g/mol. The lowest BCUT2D eigenvalue weighted by Crippen LogP contribution is -2.02. The largest absolute Gasteiger partial charge is 0.494 e. The number of carbonyl (C=O) groups excluding carboxylic acids is 1. The monoisotopic (exact) mass is 495 g/mol. The van der Waals surface area contributed by atoms with Gasteiger partial charge >= 0.3 is 5.97 Å². The minimum Gasteiger partial charge on any atom is -0.494 e. The van der Waals surface area contributed by atoms with Gasteiger partial charge in [0.15, 0.2) is 0 Å². The molecular formula is C31H45NO4. The number of hydrogen-bond acceptors (Lipinski definition) is 5. The van der Waals surface area contributed by atoms with Crippen molar-refractivity contribution >= 4 is 11.5 Å². The zero-order chi connectivity index (χ0) is 25.7. The number of benzene rings is 1. The predicted octanol–water partition coefficient (Wildman–Crippen LogP) is 7.52. The number of allylic oxidation sites excluding steroid dienone is 1. The fourth-order valence-corrected chi connectivity index (χ4v) is 4.19. The molecule has 0 spiro atoms. The molecule has 1 aromatic carbocycles. The van der Waals surface area contributed by atoms with Gasteiger partial charge in [0, 0.05) is 31.0 Å². The molecule has 0 saturated heterocycles. The van der Waals surface area contributed by atoms with Crippen molar-refractivity contribution in [2.24, 2.45) is 0 Å². The number of aromatic nitrogens is 1. The van der Waals surface area contributed by atoms with Crippen LogP contribution in [0.3, 0.4) is 0 Å². The molecule has 5 nitrogen and oxygen atoms in total. The SMILES string of the molecule is CCOC(=O)CCCC/C=C(/c1ccc(OCCCCCCCCCCCO)cc1)c1cccnc1. The summed E-state index contributed by atoms with van der Waals surface area (Å²) >= 11 is 0. The maximum Gasteiger partial charge on any atom is 0.305 e. The zero-order valence-corrected chi connectivity index (χ0v) is 22.1. The molecular weight excluding hydrogens is 450 g/mol. The van der Waals surface area contributed by atoms with Gasteiger partial charge in [-0.3, -0.25) is 9.78 Å². The van der Waals surface area contributed by atoms with Crippen LogP contribution < -0.4 is 4.74 Å². The van der Waals surface area contributed by atoms with E-state index < -0.39 is 0 Å². The predicted molar refractivity (Wildman–Crippen MR) is 147 cm³/mol. The molecule has 1 heterocycles. The van der Waals surface area contributed by atoms with Gasteiger partial charge in [0.25, 0.3) is 0 Å². The van der Waals surface area contributed by atoms with Gasteiger partial charge in [0.05, 0.1) is 13.2 Å². The highest BCUT2D eigenvalue weighted by atomic mass is 16.5. The first-order chi connectivity index (χ1) is 17.7. The van der Waals surface area contributed by atoms with Crippen molar-refractivity contribution in [3.05, 3.63) is 66.0 Å². The maximum atomic E-state index is 11.5. The van der Waals surface area contributed by atoms with Crippen LogP contribution in [0.25, 0.3) is 5.57 Å². The Balaban J connectivity index is 1.75. The summed E-state index contributed by atoms with van der Waals surface area (Å²) in [5, 5.41) is 8.80. The summed E-state index contributed by atoms with van der Waals surface area (Å²) in [6.45, 7) is 3.35. The average Bonchev–Trinajstić information content (AvgIpc) is 2.90. The molecule has 1 aromatic heterocycles.